The number of fused-ring (bicyclic) bond motifs is 1. The maximum absolute atomic E-state index is 10.7. The second kappa shape index (κ2) is 4.62. The largest absolute Gasteiger partial charge is 0.387 e. The molecule has 0 saturated carbocycles. The summed E-state index contributed by atoms with van der Waals surface area (Å²) >= 11 is 0. The molecule has 1 aliphatic heterocycles. The summed E-state index contributed by atoms with van der Waals surface area (Å²) in [4.78, 5) is 0. The summed E-state index contributed by atoms with van der Waals surface area (Å²) in [5.74, 6) is 0. The van der Waals surface area contributed by atoms with Crippen molar-refractivity contribution in [3.05, 3.63) is 48.0 Å². The van der Waals surface area contributed by atoms with Crippen molar-refractivity contribution < 1.29 is 5.11 Å². The van der Waals surface area contributed by atoms with Crippen molar-refractivity contribution in [2.24, 2.45) is 0 Å². The molecule has 0 radical (unpaired) electrons. The highest BCUT2D eigenvalue weighted by Crippen LogP contribution is 2.33. The summed E-state index contributed by atoms with van der Waals surface area (Å²) in [6, 6.07) is 14.6. The number of rotatable bonds is 2. The van der Waals surface area contributed by atoms with Gasteiger partial charge in [0.15, 0.2) is 0 Å². The average Bonchev–Trinajstić information content (AvgIpc) is 2.78. The molecule has 0 aromatic heterocycles. The van der Waals surface area contributed by atoms with Crippen molar-refractivity contribution in [2.75, 3.05) is 0 Å². The summed E-state index contributed by atoms with van der Waals surface area (Å²) in [5.41, 5.74) is 1.17. The van der Waals surface area contributed by atoms with Gasteiger partial charge < -0.3 is 10.4 Å². The molecule has 2 atom stereocenters. The Morgan fingerprint density at radius 1 is 1.16 bits per heavy atom. The van der Waals surface area contributed by atoms with Crippen LogP contribution in [0, 0.1) is 0 Å². The molecule has 0 spiro atoms. The fourth-order valence-electron chi connectivity index (χ4n) is 3.12. The Kier molecular flexibility index (Phi) is 3.08. The molecule has 1 heterocycles. The molecule has 2 heteroatoms. The molecule has 19 heavy (non-hydrogen) atoms. The topological polar surface area (TPSA) is 32.3 Å². The maximum Gasteiger partial charge on any atom is 0.0949 e. The van der Waals surface area contributed by atoms with E-state index in [-0.39, 0.29) is 11.6 Å². The summed E-state index contributed by atoms with van der Waals surface area (Å²) in [5, 5.41) is 16.6. The lowest BCUT2D eigenvalue weighted by molar-refractivity contribution is 0.133. The molecule has 1 fully saturated rings. The first-order valence-electron chi connectivity index (χ1n) is 7.00. The molecule has 100 valence electrons. The van der Waals surface area contributed by atoms with Gasteiger partial charge in [0, 0.05) is 11.6 Å². The Morgan fingerprint density at radius 3 is 2.63 bits per heavy atom. The number of aliphatic hydroxyl groups excluding tert-OH is 1. The molecule has 2 aromatic rings. The molecule has 0 bridgehead atoms. The Morgan fingerprint density at radius 2 is 1.89 bits per heavy atom. The third-order valence-electron chi connectivity index (χ3n) is 4.18. The zero-order valence-corrected chi connectivity index (χ0v) is 11.6. The fraction of sp³-hybridized carbons (Fsp3) is 0.412. The molecule has 3 rings (SSSR count). The van der Waals surface area contributed by atoms with E-state index in [1.165, 1.54) is 5.39 Å². The minimum absolute atomic E-state index is 0.135. The number of benzene rings is 2. The van der Waals surface area contributed by atoms with Gasteiger partial charge in [0.05, 0.1) is 6.10 Å². The summed E-state index contributed by atoms with van der Waals surface area (Å²) in [6.45, 7) is 4.39. The molecule has 1 saturated heterocycles. The van der Waals surface area contributed by atoms with Crippen LogP contribution in [0.1, 0.15) is 38.4 Å². The van der Waals surface area contributed by atoms with Crippen LogP contribution in [0.2, 0.25) is 0 Å². The van der Waals surface area contributed by atoms with E-state index in [0.29, 0.717) is 0 Å². The normalized spacial score (nSPS) is 23.6. The van der Waals surface area contributed by atoms with Crippen LogP contribution >= 0.6 is 0 Å². The zero-order valence-electron chi connectivity index (χ0n) is 11.6. The number of nitrogens with one attached hydrogen (secondary N) is 1. The van der Waals surface area contributed by atoms with Crippen LogP contribution < -0.4 is 5.32 Å². The lowest BCUT2D eigenvalue weighted by atomic mass is 9.95. The first-order valence-corrected chi connectivity index (χ1v) is 7.00. The second-order valence-electron chi connectivity index (χ2n) is 6.19. The first-order chi connectivity index (χ1) is 9.07. The van der Waals surface area contributed by atoms with E-state index >= 15 is 0 Å². The van der Waals surface area contributed by atoms with Crippen molar-refractivity contribution in [2.45, 2.75) is 44.4 Å². The van der Waals surface area contributed by atoms with E-state index in [4.69, 9.17) is 0 Å². The summed E-state index contributed by atoms with van der Waals surface area (Å²) in [7, 11) is 0. The molecule has 2 aromatic carbocycles. The van der Waals surface area contributed by atoms with Crippen LogP contribution in [0.5, 0.6) is 0 Å². The Labute approximate surface area is 114 Å². The predicted octanol–water partition coefficient (Wildman–Crippen LogP) is 3.40. The van der Waals surface area contributed by atoms with Crippen LogP contribution in [0.4, 0.5) is 0 Å². The summed E-state index contributed by atoms with van der Waals surface area (Å²) in [6.07, 6.45) is 1.70. The van der Waals surface area contributed by atoms with Crippen LogP contribution in [0.25, 0.3) is 10.8 Å². The highest BCUT2D eigenvalue weighted by atomic mass is 16.3. The smallest absolute Gasteiger partial charge is 0.0949 e. The van der Waals surface area contributed by atoms with E-state index in [1.807, 2.05) is 24.3 Å². The van der Waals surface area contributed by atoms with Gasteiger partial charge in [0.25, 0.3) is 0 Å². The van der Waals surface area contributed by atoms with Gasteiger partial charge in [0.1, 0.15) is 0 Å². The van der Waals surface area contributed by atoms with E-state index in [0.717, 1.165) is 23.8 Å². The quantitative estimate of drug-likeness (QED) is 0.862. The van der Waals surface area contributed by atoms with Gasteiger partial charge in [-0.15, -0.1) is 0 Å². The van der Waals surface area contributed by atoms with E-state index in [2.05, 4.69) is 37.4 Å². The fourth-order valence-corrected chi connectivity index (χ4v) is 3.12. The molecule has 2 unspecified atom stereocenters. The molecule has 2 N–H and O–H groups in total. The number of hydrogen-bond donors (Lipinski definition) is 2. The van der Waals surface area contributed by atoms with Gasteiger partial charge in [-0.25, -0.2) is 0 Å². The Balaban J connectivity index is 1.96. The molecule has 1 aliphatic rings. The van der Waals surface area contributed by atoms with Gasteiger partial charge in [-0.2, -0.15) is 0 Å². The standard InChI is InChI=1S/C17H21NO/c1-17(2)11-10-15(18-17)16(19)14-9-5-7-12-6-3-4-8-13(12)14/h3-9,15-16,18-19H,10-11H2,1-2H3. The molecular weight excluding hydrogens is 234 g/mol. The number of hydrogen-bond acceptors (Lipinski definition) is 2. The van der Waals surface area contributed by atoms with E-state index in [1.54, 1.807) is 0 Å². The van der Waals surface area contributed by atoms with Crippen molar-refractivity contribution in [1.82, 2.24) is 5.32 Å². The number of aliphatic hydroxyl groups is 1. The summed E-state index contributed by atoms with van der Waals surface area (Å²) < 4.78 is 0. The molecule has 2 nitrogen and oxygen atoms in total. The molecule has 0 amide bonds. The Hall–Kier alpha value is -1.38. The van der Waals surface area contributed by atoms with Crippen LogP contribution in [0.3, 0.4) is 0 Å². The maximum atomic E-state index is 10.7. The van der Waals surface area contributed by atoms with Crippen LogP contribution in [-0.2, 0) is 0 Å². The molecule has 0 aliphatic carbocycles. The van der Waals surface area contributed by atoms with Gasteiger partial charge in [0.2, 0.25) is 0 Å². The van der Waals surface area contributed by atoms with Crippen molar-refractivity contribution in [3.8, 4) is 0 Å². The van der Waals surface area contributed by atoms with E-state index < -0.39 is 6.10 Å². The SMILES string of the molecule is CC1(C)CCC(C(O)c2cccc3ccccc23)N1. The van der Waals surface area contributed by atoms with Gasteiger partial charge in [-0.05, 0) is 43.0 Å². The molecular formula is C17H21NO. The highest BCUT2D eigenvalue weighted by molar-refractivity contribution is 5.86. The first kappa shape index (κ1) is 12.6. The minimum atomic E-state index is -0.437. The van der Waals surface area contributed by atoms with Crippen molar-refractivity contribution in [1.29, 1.82) is 0 Å². The lowest BCUT2D eigenvalue weighted by Gasteiger charge is -2.24. The monoisotopic (exact) mass is 255 g/mol. The van der Waals surface area contributed by atoms with E-state index in [9.17, 15) is 5.11 Å². The van der Waals surface area contributed by atoms with Gasteiger partial charge in [-0.1, -0.05) is 42.5 Å². The third-order valence-corrected chi connectivity index (χ3v) is 4.18. The Bertz CT molecular complexity index is 585. The van der Waals surface area contributed by atoms with Gasteiger partial charge >= 0.3 is 0 Å². The predicted molar refractivity (Wildman–Crippen MR) is 79.1 cm³/mol. The van der Waals surface area contributed by atoms with Crippen LogP contribution in [-0.4, -0.2) is 16.7 Å². The highest BCUT2D eigenvalue weighted by Gasteiger charge is 2.34. The van der Waals surface area contributed by atoms with Crippen LogP contribution in [0.15, 0.2) is 42.5 Å². The average molecular weight is 255 g/mol. The van der Waals surface area contributed by atoms with Gasteiger partial charge in [-0.3, -0.25) is 0 Å². The lowest BCUT2D eigenvalue weighted by Crippen LogP contribution is -2.40. The second-order valence-corrected chi connectivity index (χ2v) is 6.19. The van der Waals surface area contributed by atoms with Crippen molar-refractivity contribution in [3.63, 3.8) is 0 Å². The minimum Gasteiger partial charge on any atom is -0.387 e. The van der Waals surface area contributed by atoms with Crippen molar-refractivity contribution >= 4 is 10.8 Å². The third kappa shape index (κ3) is 2.38. The zero-order chi connectivity index (χ0) is 13.5.